The highest BCUT2D eigenvalue weighted by atomic mass is 16.5. The van der Waals surface area contributed by atoms with E-state index in [1.165, 1.54) is 14.2 Å². The zero-order valence-corrected chi connectivity index (χ0v) is 8.75. The van der Waals surface area contributed by atoms with Crippen molar-refractivity contribution in [3.05, 3.63) is 0 Å². The first kappa shape index (κ1) is 11.9. The SMILES string of the molecule is CO[C@@H]1[C@@H](N)[C@H](O)[C@@H](C)[C@H](O)[C@H]1OC. The topological polar surface area (TPSA) is 84.9 Å². The number of aliphatic hydroxyl groups is 2. The minimum absolute atomic E-state index is 0.304. The van der Waals surface area contributed by atoms with Gasteiger partial charge in [-0.1, -0.05) is 6.92 Å². The lowest BCUT2D eigenvalue weighted by Gasteiger charge is -2.44. The number of hydrogen-bond donors (Lipinski definition) is 3. The van der Waals surface area contributed by atoms with Crippen molar-refractivity contribution >= 4 is 0 Å². The molecule has 1 rings (SSSR count). The van der Waals surface area contributed by atoms with Gasteiger partial charge < -0.3 is 25.4 Å². The van der Waals surface area contributed by atoms with Crippen LogP contribution in [0.2, 0.25) is 0 Å². The molecule has 0 aliphatic heterocycles. The monoisotopic (exact) mass is 205 g/mol. The maximum Gasteiger partial charge on any atom is 0.111 e. The molecule has 0 aromatic rings. The van der Waals surface area contributed by atoms with Gasteiger partial charge in [0.2, 0.25) is 0 Å². The molecule has 0 radical (unpaired) electrons. The van der Waals surface area contributed by atoms with Gasteiger partial charge in [-0.15, -0.1) is 0 Å². The van der Waals surface area contributed by atoms with E-state index in [9.17, 15) is 10.2 Å². The van der Waals surface area contributed by atoms with Crippen LogP contribution in [0.3, 0.4) is 0 Å². The number of rotatable bonds is 2. The summed E-state index contributed by atoms with van der Waals surface area (Å²) in [6.07, 6.45) is -2.46. The largest absolute Gasteiger partial charge is 0.391 e. The van der Waals surface area contributed by atoms with E-state index in [0.717, 1.165) is 0 Å². The van der Waals surface area contributed by atoms with Crippen LogP contribution in [0.1, 0.15) is 6.92 Å². The van der Waals surface area contributed by atoms with Crippen LogP contribution in [0.4, 0.5) is 0 Å². The summed E-state index contributed by atoms with van der Waals surface area (Å²) >= 11 is 0. The molecule has 1 fully saturated rings. The Morgan fingerprint density at radius 1 is 1.00 bits per heavy atom. The van der Waals surface area contributed by atoms with Gasteiger partial charge in [-0.3, -0.25) is 0 Å². The van der Waals surface area contributed by atoms with Gasteiger partial charge in [0.15, 0.2) is 0 Å². The van der Waals surface area contributed by atoms with Crippen molar-refractivity contribution in [3.8, 4) is 0 Å². The summed E-state index contributed by atoms with van der Waals surface area (Å²) in [4.78, 5) is 0. The molecule has 0 unspecified atom stereocenters. The zero-order valence-electron chi connectivity index (χ0n) is 8.75. The van der Waals surface area contributed by atoms with Crippen molar-refractivity contribution in [3.63, 3.8) is 0 Å². The maximum atomic E-state index is 9.81. The fourth-order valence-corrected chi connectivity index (χ4v) is 2.02. The normalized spacial score (nSPS) is 49.3. The van der Waals surface area contributed by atoms with Gasteiger partial charge in [-0.25, -0.2) is 0 Å². The molecule has 0 heterocycles. The van der Waals surface area contributed by atoms with E-state index in [-0.39, 0.29) is 5.92 Å². The molecule has 6 atom stereocenters. The van der Waals surface area contributed by atoms with Gasteiger partial charge >= 0.3 is 0 Å². The molecule has 5 heteroatoms. The maximum absolute atomic E-state index is 9.81. The Morgan fingerprint density at radius 2 is 1.50 bits per heavy atom. The average Bonchev–Trinajstić information content (AvgIpc) is 2.20. The van der Waals surface area contributed by atoms with E-state index in [0.29, 0.717) is 0 Å². The Balaban J connectivity index is 2.84. The molecule has 5 nitrogen and oxygen atoms in total. The molecular formula is C9H19NO4. The molecule has 1 aliphatic rings. The molecule has 0 aromatic heterocycles. The molecule has 4 N–H and O–H groups in total. The van der Waals surface area contributed by atoms with Crippen molar-refractivity contribution in [2.75, 3.05) is 14.2 Å². The molecule has 0 amide bonds. The van der Waals surface area contributed by atoms with Crippen molar-refractivity contribution < 1.29 is 19.7 Å². The second-order valence-electron chi connectivity index (χ2n) is 3.82. The van der Waals surface area contributed by atoms with Gasteiger partial charge in [0.05, 0.1) is 18.2 Å². The lowest BCUT2D eigenvalue weighted by Crippen LogP contribution is -2.64. The van der Waals surface area contributed by atoms with Crippen LogP contribution in [0, 0.1) is 5.92 Å². The molecule has 84 valence electrons. The van der Waals surface area contributed by atoms with E-state index in [4.69, 9.17) is 15.2 Å². The summed E-state index contributed by atoms with van der Waals surface area (Å²) in [6.45, 7) is 1.74. The fraction of sp³-hybridized carbons (Fsp3) is 1.00. The molecule has 0 spiro atoms. The van der Waals surface area contributed by atoms with E-state index >= 15 is 0 Å². The first-order valence-electron chi connectivity index (χ1n) is 4.71. The molecule has 0 bridgehead atoms. The van der Waals surface area contributed by atoms with Crippen molar-refractivity contribution in [1.82, 2.24) is 0 Å². The fourth-order valence-electron chi connectivity index (χ4n) is 2.02. The lowest BCUT2D eigenvalue weighted by molar-refractivity contribution is -0.175. The van der Waals surface area contributed by atoms with Crippen LogP contribution >= 0.6 is 0 Å². The number of hydrogen-bond acceptors (Lipinski definition) is 5. The highest BCUT2D eigenvalue weighted by Crippen LogP contribution is 2.28. The first-order chi connectivity index (χ1) is 6.54. The van der Waals surface area contributed by atoms with Crippen molar-refractivity contribution in [2.45, 2.75) is 37.4 Å². The summed E-state index contributed by atoms with van der Waals surface area (Å²) in [7, 11) is 2.99. The summed E-state index contributed by atoms with van der Waals surface area (Å²) in [6, 6.07) is -0.525. The van der Waals surface area contributed by atoms with Gasteiger partial charge in [-0.05, 0) is 0 Å². The second-order valence-corrected chi connectivity index (χ2v) is 3.82. The van der Waals surface area contributed by atoms with E-state index in [1.54, 1.807) is 6.92 Å². The summed E-state index contributed by atoms with van der Waals surface area (Å²) in [5.41, 5.74) is 5.79. The zero-order chi connectivity index (χ0) is 10.9. The van der Waals surface area contributed by atoms with E-state index in [2.05, 4.69) is 0 Å². The lowest BCUT2D eigenvalue weighted by atomic mass is 9.78. The minimum atomic E-state index is -0.763. The number of ether oxygens (including phenoxy) is 2. The number of aliphatic hydroxyl groups excluding tert-OH is 2. The van der Waals surface area contributed by atoms with Crippen molar-refractivity contribution in [1.29, 1.82) is 0 Å². The van der Waals surface area contributed by atoms with Crippen LogP contribution in [0.25, 0.3) is 0 Å². The third-order valence-electron chi connectivity index (χ3n) is 3.06. The Morgan fingerprint density at radius 3 is 1.93 bits per heavy atom. The molecule has 0 saturated heterocycles. The van der Waals surface area contributed by atoms with Gasteiger partial charge in [0, 0.05) is 20.1 Å². The molecule has 1 aliphatic carbocycles. The Kier molecular flexibility index (Phi) is 3.86. The summed E-state index contributed by atoms with van der Waals surface area (Å²) in [5, 5.41) is 19.5. The predicted octanol–water partition coefficient (Wildman–Crippen LogP) is -1.28. The molecule has 0 aromatic carbocycles. The third-order valence-corrected chi connectivity index (χ3v) is 3.06. The smallest absolute Gasteiger partial charge is 0.111 e. The van der Waals surface area contributed by atoms with Gasteiger partial charge in [0.25, 0.3) is 0 Å². The van der Waals surface area contributed by atoms with Crippen LogP contribution in [-0.4, -0.2) is 54.9 Å². The summed E-state index contributed by atoms with van der Waals surface area (Å²) < 4.78 is 10.3. The molecule has 14 heavy (non-hydrogen) atoms. The van der Waals surface area contributed by atoms with E-state index in [1.807, 2.05) is 0 Å². The third kappa shape index (κ3) is 1.78. The van der Waals surface area contributed by atoms with Crippen molar-refractivity contribution in [2.24, 2.45) is 11.7 Å². The minimum Gasteiger partial charge on any atom is -0.391 e. The highest BCUT2D eigenvalue weighted by molar-refractivity contribution is 5.00. The summed E-state index contributed by atoms with van der Waals surface area (Å²) in [5.74, 6) is -0.304. The molecular weight excluding hydrogens is 186 g/mol. The Hall–Kier alpha value is -0.200. The standard InChI is InChI=1S/C9H19NO4/c1-4-6(11)5(10)8(13-2)9(14-3)7(4)12/h4-9,11-12H,10H2,1-3H3/t4-,5+,6-,7+,8-,9-/m1/s1. The van der Waals surface area contributed by atoms with Crippen LogP contribution < -0.4 is 5.73 Å². The van der Waals surface area contributed by atoms with Gasteiger partial charge in [-0.2, -0.15) is 0 Å². The quantitative estimate of drug-likeness (QED) is 0.522. The second kappa shape index (κ2) is 4.55. The van der Waals surface area contributed by atoms with Gasteiger partial charge in [0.1, 0.15) is 12.2 Å². The first-order valence-corrected chi connectivity index (χ1v) is 4.71. The molecule has 1 saturated carbocycles. The Bertz CT molecular complexity index is 170. The Labute approximate surface area is 83.8 Å². The van der Waals surface area contributed by atoms with Crippen LogP contribution in [-0.2, 0) is 9.47 Å². The number of methoxy groups -OCH3 is 2. The van der Waals surface area contributed by atoms with E-state index < -0.39 is 30.5 Å². The average molecular weight is 205 g/mol. The predicted molar refractivity (Wildman–Crippen MR) is 50.7 cm³/mol. The van der Waals surface area contributed by atoms with Crippen LogP contribution in [0.5, 0.6) is 0 Å². The highest BCUT2D eigenvalue weighted by Gasteiger charge is 2.47. The van der Waals surface area contributed by atoms with Crippen LogP contribution in [0.15, 0.2) is 0 Å². The number of nitrogens with two attached hydrogens (primary N) is 1.